The van der Waals surface area contributed by atoms with Crippen LogP contribution in [0.1, 0.15) is 5.56 Å². The van der Waals surface area contributed by atoms with E-state index in [1.54, 1.807) is 12.4 Å². The fourth-order valence-electron chi connectivity index (χ4n) is 3.29. The summed E-state index contributed by atoms with van der Waals surface area (Å²) in [5, 5.41) is 12.9. The Morgan fingerprint density at radius 1 is 1.06 bits per heavy atom. The van der Waals surface area contributed by atoms with Crippen LogP contribution in [0.15, 0.2) is 78.2 Å². The molecule has 0 aliphatic heterocycles. The molecule has 0 saturated heterocycles. The van der Waals surface area contributed by atoms with Gasteiger partial charge in [-0.2, -0.15) is 0 Å². The van der Waals surface area contributed by atoms with Crippen molar-refractivity contribution >= 4 is 44.4 Å². The Bertz CT molecular complexity index is 1360. The zero-order chi connectivity index (χ0) is 21.9. The average Bonchev–Trinajstić information content (AvgIpc) is 3.42. The predicted octanol–water partition coefficient (Wildman–Crippen LogP) is 4.98. The van der Waals surface area contributed by atoms with Crippen molar-refractivity contribution < 1.29 is 4.79 Å². The Morgan fingerprint density at radius 2 is 1.91 bits per heavy atom. The lowest BCUT2D eigenvalue weighted by Crippen LogP contribution is -2.14. The van der Waals surface area contributed by atoms with Crippen molar-refractivity contribution in [2.45, 2.75) is 12.1 Å². The van der Waals surface area contributed by atoms with Crippen LogP contribution < -0.4 is 5.32 Å². The molecule has 32 heavy (non-hydrogen) atoms. The molecule has 5 rings (SSSR count). The predicted molar refractivity (Wildman–Crippen MR) is 128 cm³/mol. The van der Waals surface area contributed by atoms with Gasteiger partial charge in [0, 0.05) is 18.0 Å². The second-order valence-corrected chi connectivity index (χ2v) is 8.97. The number of aryl methyl sites for hydroxylation is 1. The summed E-state index contributed by atoms with van der Waals surface area (Å²) >= 11 is 2.79. The largest absolute Gasteiger partial charge is 0.301 e. The number of hydrogen-bond donors (Lipinski definition) is 1. The number of carbonyl (C=O) groups is 1. The van der Waals surface area contributed by atoms with Crippen LogP contribution in [-0.4, -0.2) is 36.4 Å². The second-order valence-electron chi connectivity index (χ2n) is 6.99. The number of hydrogen-bond acceptors (Lipinski definition) is 7. The molecule has 158 valence electrons. The van der Waals surface area contributed by atoms with E-state index in [0.29, 0.717) is 16.1 Å². The normalized spacial score (nSPS) is 11.0. The first-order valence-electron chi connectivity index (χ1n) is 9.89. The molecule has 3 heterocycles. The summed E-state index contributed by atoms with van der Waals surface area (Å²) in [6.45, 7) is 2.04. The maximum absolute atomic E-state index is 12.6. The molecule has 0 atom stereocenters. The number of aromatic nitrogens is 5. The highest BCUT2D eigenvalue weighted by Crippen LogP contribution is 2.30. The van der Waals surface area contributed by atoms with Gasteiger partial charge in [0.25, 0.3) is 0 Å². The standard InChI is InChI=1S/C23H18N6OS2/c1-15-7-2-4-10-18(15)29-21(16-8-6-12-24-13-16)27-28-23(29)31-14-20(30)26-22-25-17-9-3-5-11-19(17)32-22/h2-13H,14H2,1H3,(H,25,26,30). The molecule has 0 saturated carbocycles. The molecule has 0 aliphatic carbocycles. The molecule has 1 amide bonds. The van der Waals surface area contributed by atoms with Gasteiger partial charge in [0.2, 0.25) is 5.91 Å². The maximum Gasteiger partial charge on any atom is 0.236 e. The molecule has 2 aromatic carbocycles. The Labute approximate surface area is 192 Å². The van der Waals surface area contributed by atoms with Crippen molar-refractivity contribution in [2.75, 3.05) is 11.1 Å². The minimum Gasteiger partial charge on any atom is -0.301 e. The van der Waals surface area contributed by atoms with E-state index in [1.807, 2.05) is 72.2 Å². The molecule has 0 unspecified atom stereocenters. The topological polar surface area (TPSA) is 85.6 Å². The molecule has 3 aromatic heterocycles. The second kappa shape index (κ2) is 8.89. The summed E-state index contributed by atoms with van der Waals surface area (Å²) in [6, 6.07) is 19.6. The van der Waals surface area contributed by atoms with E-state index in [0.717, 1.165) is 27.0 Å². The molecule has 0 aliphatic rings. The Morgan fingerprint density at radius 3 is 2.72 bits per heavy atom. The lowest BCUT2D eigenvalue weighted by atomic mass is 10.2. The minimum absolute atomic E-state index is 0.142. The number of amides is 1. The van der Waals surface area contributed by atoms with Crippen molar-refractivity contribution in [1.29, 1.82) is 0 Å². The number of carbonyl (C=O) groups excluding carboxylic acids is 1. The molecular weight excluding hydrogens is 440 g/mol. The Balaban J connectivity index is 1.40. The van der Waals surface area contributed by atoms with Crippen LogP contribution in [0.25, 0.3) is 27.3 Å². The highest BCUT2D eigenvalue weighted by atomic mass is 32.2. The number of pyridine rings is 1. The van der Waals surface area contributed by atoms with Crippen molar-refractivity contribution in [2.24, 2.45) is 0 Å². The van der Waals surface area contributed by atoms with Crippen LogP contribution in [0, 0.1) is 6.92 Å². The van der Waals surface area contributed by atoms with Crippen LogP contribution in [-0.2, 0) is 4.79 Å². The van der Waals surface area contributed by atoms with E-state index in [-0.39, 0.29) is 11.7 Å². The van der Waals surface area contributed by atoms with Gasteiger partial charge in [-0.25, -0.2) is 4.98 Å². The number of thiazole rings is 1. The number of nitrogens with one attached hydrogen (secondary N) is 1. The third kappa shape index (κ3) is 4.12. The summed E-state index contributed by atoms with van der Waals surface area (Å²) in [6.07, 6.45) is 3.48. The van der Waals surface area contributed by atoms with Crippen molar-refractivity contribution in [1.82, 2.24) is 24.7 Å². The lowest BCUT2D eigenvalue weighted by Gasteiger charge is -2.12. The van der Waals surface area contributed by atoms with Crippen LogP contribution in [0.3, 0.4) is 0 Å². The quantitative estimate of drug-likeness (QED) is 0.361. The van der Waals surface area contributed by atoms with E-state index in [4.69, 9.17) is 0 Å². The summed E-state index contributed by atoms with van der Waals surface area (Å²) in [4.78, 5) is 21.3. The Kier molecular flexibility index (Phi) is 5.66. The first-order valence-corrected chi connectivity index (χ1v) is 11.7. The third-order valence-corrected chi connectivity index (χ3v) is 6.66. The summed E-state index contributed by atoms with van der Waals surface area (Å²) in [5.41, 5.74) is 3.78. The van der Waals surface area contributed by atoms with E-state index >= 15 is 0 Å². The summed E-state index contributed by atoms with van der Waals surface area (Å²) in [7, 11) is 0. The summed E-state index contributed by atoms with van der Waals surface area (Å²) in [5.74, 6) is 0.727. The molecule has 0 fully saturated rings. The first-order chi connectivity index (χ1) is 15.7. The highest BCUT2D eigenvalue weighted by molar-refractivity contribution is 7.99. The molecule has 0 spiro atoms. The van der Waals surface area contributed by atoms with Crippen LogP contribution in [0.4, 0.5) is 5.13 Å². The first kappa shape index (κ1) is 20.3. The van der Waals surface area contributed by atoms with Gasteiger partial charge in [-0.3, -0.25) is 14.3 Å². The minimum atomic E-state index is -0.142. The van der Waals surface area contributed by atoms with Crippen LogP contribution >= 0.6 is 23.1 Å². The SMILES string of the molecule is Cc1ccccc1-n1c(SCC(=O)Nc2nc3ccccc3s2)nnc1-c1cccnc1. The molecule has 5 aromatic rings. The fourth-order valence-corrected chi connectivity index (χ4v) is 4.91. The van der Waals surface area contributed by atoms with Gasteiger partial charge in [0.1, 0.15) is 0 Å². The molecule has 1 N–H and O–H groups in total. The lowest BCUT2D eigenvalue weighted by molar-refractivity contribution is -0.113. The van der Waals surface area contributed by atoms with Gasteiger partial charge in [0.05, 0.1) is 21.7 Å². The number of fused-ring (bicyclic) bond motifs is 1. The highest BCUT2D eigenvalue weighted by Gasteiger charge is 2.19. The Hall–Kier alpha value is -3.56. The molecule has 0 bridgehead atoms. The number of rotatable bonds is 6. The van der Waals surface area contributed by atoms with Crippen molar-refractivity contribution in [3.05, 3.63) is 78.6 Å². The fraction of sp³-hybridized carbons (Fsp3) is 0.0870. The zero-order valence-electron chi connectivity index (χ0n) is 17.1. The van der Waals surface area contributed by atoms with Crippen LogP contribution in [0.2, 0.25) is 0 Å². The third-order valence-electron chi connectivity index (χ3n) is 4.78. The van der Waals surface area contributed by atoms with Crippen LogP contribution in [0.5, 0.6) is 0 Å². The van der Waals surface area contributed by atoms with Crippen molar-refractivity contribution in [3.8, 4) is 17.1 Å². The van der Waals surface area contributed by atoms with Gasteiger partial charge in [-0.05, 0) is 42.8 Å². The molecule has 0 radical (unpaired) electrons. The number of anilines is 1. The average molecular weight is 459 g/mol. The van der Waals surface area contributed by atoms with E-state index in [2.05, 4.69) is 25.5 Å². The summed E-state index contributed by atoms with van der Waals surface area (Å²) < 4.78 is 3.01. The molecule has 7 nitrogen and oxygen atoms in total. The number of benzene rings is 2. The van der Waals surface area contributed by atoms with E-state index in [9.17, 15) is 4.79 Å². The zero-order valence-corrected chi connectivity index (χ0v) is 18.7. The van der Waals surface area contributed by atoms with Crippen molar-refractivity contribution in [3.63, 3.8) is 0 Å². The van der Waals surface area contributed by atoms with E-state index < -0.39 is 0 Å². The smallest absolute Gasteiger partial charge is 0.236 e. The number of nitrogens with zero attached hydrogens (tertiary/aromatic N) is 5. The van der Waals surface area contributed by atoms with E-state index in [1.165, 1.54) is 23.1 Å². The van der Waals surface area contributed by atoms with Gasteiger partial charge in [-0.15, -0.1) is 10.2 Å². The van der Waals surface area contributed by atoms with Gasteiger partial charge < -0.3 is 5.32 Å². The number of para-hydroxylation sites is 2. The van der Waals surface area contributed by atoms with Gasteiger partial charge >= 0.3 is 0 Å². The molecular formula is C23H18N6OS2. The monoisotopic (exact) mass is 458 g/mol. The van der Waals surface area contributed by atoms with Gasteiger partial charge in [-0.1, -0.05) is 53.4 Å². The molecule has 9 heteroatoms. The van der Waals surface area contributed by atoms with Gasteiger partial charge in [0.15, 0.2) is 16.1 Å². The maximum atomic E-state index is 12.6. The number of thioether (sulfide) groups is 1.